The molecule has 1 aromatic carbocycles. The van der Waals surface area contributed by atoms with Gasteiger partial charge in [0.25, 0.3) is 0 Å². The summed E-state index contributed by atoms with van der Waals surface area (Å²) in [5.74, 6) is 5.93. The SMILES string of the molecule is Nc1cc(-c2cncc(F)c2)cc(C#Cc2ccccc2)n1. The standard InChI is InChI=1S/C18H12FN3/c19-16-8-15(11-21-12-16)14-9-17(22-18(20)10-14)7-6-13-4-2-1-3-5-13/h1-5,8-12H,(H2,20,22). The van der Waals surface area contributed by atoms with Crippen molar-refractivity contribution in [2.45, 2.75) is 0 Å². The minimum atomic E-state index is -0.398. The molecular weight excluding hydrogens is 277 g/mol. The first-order valence-corrected chi connectivity index (χ1v) is 6.66. The molecule has 0 unspecified atom stereocenters. The molecule has 0 saturated carbocycles. The fourth-order valence-corrected chi connectivity index (χ4v) is 2.01. The molecule has 2 heterocycles. The molecule has 0 bridgehead atoms. The second-order valence-corrected chi connectivity index (χ2v) is 4.67. The van der Waals surface area contributed by atoms with Crippen LogP contribution in [0.15, 0.2) is 60.9 Å². The van der Waals surface area contributed by atoms with Crippen LogP contribution in [0.4, 0.5) is 10.2 Å². The maximum absolute atomic E-state index is 13.3. The van der Waals surface area contributed by atoms with Gasteiger partial charge in [0.05, 0.1) is 6.20 Å². The van der Waals surface area contributed by atoms with Crippen LogP contribution >= 0.6 is 0 Å². The van der Waals surface area contributed by atoms with Crippen molar-refractivity contribution in [2.24, 2.45) is 0 Å². The summed E-state index contributed by atoms with van der Waals surface area (Å²) >= 11 is 0. The molecule has 22 heavy (non-hydrogen) atoms. The molecule has 3 rings (SSSR count). The number of benzene rings is 1. The molecular formula is C18H12FN3. The van der Waals surface area contributed by atoms with E-state index >= 15 is 0 Å². The van der Waals surface area contributed by atoms with Crippen LogP contribution in [0.5, 0.6) is 0 Å². The lowest BCUT2D eigenvalue weighted by molar-refractivity contribution is 0.622. The summed E-state index contributed by atoms with van der Waals surface area (Å²) in [6.07, 6.45) is 2.73. The number of pyridine rings is 2. The van der Waals surface area contributed by atoms with Crippen molar-refractivity contribution in [3.05, 3.63) is 78.0 Å². The first-order chi connectivity index (χ1) is 10.7. The van der Waals surface area contributed by atoms with E-state index in [1.54, 1.807) is 18.3 Å². The van der Waals surface area contributed by atoms with Crippen molar-refractivity contribution >= 4 is 5.82 Å². The number of hydrogen-bond donors (Lipinski definition) is 1. The summed E-state index contributed by atoms with van der Waals surface area (Å²) in [6.45, 7) is 0. The Morgan fingerprint density at radius 3 is 2.50 bits per heavy atom. The van der Waals surface area contributed by atoms with Gasteiger partial charge in [0.1, 0.15) is 17.3 Å². The van der Waals surface area contributed by atoms with Crippen molar-refractivity contribution < 1.29 is 4.39 Å². The molecule has 4 heteroatoms. The minimum absolute atomic E-state index is 0.333. The van der Waals surface area contributed by atoms with Crippen LogP contribution in [0.25, 0.3) is 11.1 Å². The molecule has 0 fully saturated rings. The van der Waals surface area contributed by atoms with E-state index in [-0.39, 0.29) is 0 Å². The van der Waals surface area contributed by atoms with E-state index in [0.717, 1.165) is 17.3 Å². The van der Waals surface area contributed by atoms with Gasteiger partial charge in [-0.25, -0.2) is 9.37 Å². The van der Waals surface area contributed by atoms with Gasteiger partial charge in [-0.2, -0.15) is 0 Å². The number of hydrogen-bond acceptors (Lipinski definition) is 3. The number of nitrogens with two attached hydrogens (primary N) is 1. The summed E-state index contributed by atoms with van der Waals surface area (Å²) in [4.78, 5) is 8.03. The molecule has 0 atom stereocenters. The first-order valence-electron chi connectivity index (χ1n) is 6.66. The number of nitrogens with zero attached hydrogens (tertiary/aromatic N) is 2. The highest BCUT2D eigenvalue weighted by molar-refractivity contribution is 5.67. The zero-order chi connectivity index (χ0) is 15.4. The van der Waals surface area contributed by atoms with E-state index < -0.39 is 5.82 Å². The van der Waals surface area contributed by atoms with E-state index in [9.17, 15) is 4.39 Å². The highest BCUT2D eigenvalue weighted by atomic mass is 19.1. The fraction of sp³-hybridized carbons (Fsp3) is 0. The third-order valence-corrected chi connectivity index (χ3v) is 2.99. The Labute approximate surface area is 127 Å². The largest absolute Gasteiger partial charge is 0.384 e. The third kappa shape index (κ3) is 3.28. The summed E-state index contributed by atoms with van der Waals surface area (Å²) in [6, 6.07) is 14.4. The molecule has 2 aromatic heterocycles. The zero-order valence-electron chi connectivity index (χ0n) is 11.6. The van der Waals surface area contributed by atoms with Crippen LogP contribution in [0.2, 0.25) is 0 Å². The predicted molar refractivity (Wildman–Crippen MR) is 84.3 cm³/mol. The van der Waals surface area contributed by atoms with E-state index in [2.05, 4.69) is 21.8 Å². The van der Waals surface area contributed by atoms with Crippen LogP contribution in [0.1, 0.15) is 11.3 Å². The van der Waals surface area contributed by atoms with Gasteiger partial charge in [0, 0.05) is 17.3 Å². The molecule has 0 saturated heterocycles. The smallest absolute Gasteiger partial charge is 0.142 e. The Balaban J connectivity index is 1.99. The van der Waals surface area contributed by atoms with Gasteiger partial charge < -0.3 is 5.73 Å². The van der Waals surface area contributed by atoms with E-state index in [4.69, 9.17) is 5.73 Å². The molecule has 0 amide bonds. The molecule has 3 nitrogen and oxygen atoms in total. The Kier molecular flexibility index (Phi) is 3.80. The zero-order valence-corrected chi connectivity index (χ0v) is 11.6. The van der Waals surface area contributed by atoms with Crippen LogP contribution in [-0.2, 0) is 0 Å². The van der Waals surface area contributed by atoms with E-state index in [0.29, 0.717) is 17.1 Å². The van der Waals surface area contributed by atoms with Crippen LogP contribution < -0.4 is 5.73 Å². The van der Waals surface area contributed by atoms with Gasteiger partial charge in [-0.05, 0) is 41.8 Å². The van der Waals surface area contributed by atoms with Crippen molar-refractivity contribution in [1.29, 1.82) is 0 Å². The molecule has 0 aliphatic carbocycles. The van der Waals surface area contributed by atoms with Gasteiger partial charge >= 0.3 is 0 Å². The molecule has 3 aromatic rings. The van der Waals surface area contributed by atoms with Gasteiger partial charge in [-0.3, -0.25) is 4.98 Å². The predicted octanol–water partition coefficient (Wildman–Crippen LogP) is 3.26. The summed E-state index contributed by atoms with van der Waals surface area (Å²) in [7, 11) is 0. The Morgan fingerprint density at radius 1 is 0.909 bits per heavy atom. The van der Waals surface area contributed by atoms with Crippen molar-refractivity contribution in [3.8, 4) is 23.0 Å². The number of aromatic nitrogens is 2. The average molecular weight is 289 g/mol. The molecule has 0 spiro atoms. The minimum Gasteiger partial charge on any atom is -0.384 e. The quantitative estimate of drug-likeness (QED) is 0.700. The lowest BCUT2D eigenvalue weighted by Crippen LogP contribution is -1.94. The first kappa shape index (κ1) is 13.8. The molecule has 0 aliphatic rings. The average Bonchev–Trinajstić information content (AvgIpc) is 2.53. The molecule has 0 aliphatic heterocycles. The summed E-state index contributed by atoms with van der Waals surface area (Å²) < 4.78 is 13.3. The number of anilines is 1. The summed E-state index contributed by atoms with van der Waals surface area (Å²) in [5, 5.41) is 0. The maximum atomic E-state index is 13.3. The van der Waals surface area contributed by atoms with Crippen LogP contribution in [0.3, 0.4) is 0 Å². The van der Waals surface area contributed by atoms with Gasteiger partial charge in [-0.1, -0.05) is 24.1 Å². The van der Waals surface area contributed by atoms with Crippen LogP contribution in [0, 0.1) is 17.7 Å². The Bertz CT molecular complexity index is 864. The fourth-order valence-electron chi connectivity index (χ4n) is 2.01. The maximum Gasteiger partial charge on any atom is 0.142 e. The van der Waals surface area contributed by atoms with Gasteiger partial charge in [0.15, 0.2) is 0 Å². The number of halogens is 1. The highest BCUT2D eigenvalue weighted by Gasteiger charge is 2.03. The topological polar surface area (TPSA) is 51.8 Å². The highest BCUT2D eigenvalue weighted by Crippen LogP contribution is 2.21. The Hall–Kier alpha value is -3.19. The number of rotatable bonds is 1. The second kappa shape index (κ2) is 6.06. The van der Waals surface area contributed by atoms with E-state index in [1.807, 2.05) is 30.3 Å². The molecule has 2 N–H and O–H groups in total. The normalized spacial score (nSPS) is 9.86. The van der Waals surface area contributed by atoms with Crippen LogP contribution in [-0.4, -0.2) is 9.97 Å². The second-order valence-electron chi connectivity index (χ2n) is 4.67. The van der Waals surface area contributed by atoms with Gasteiger partial charge in [0.2, 0.25) is 0 Å². The van der Waals surface area contributed by atoms with Crippen molar-refractivity contribution in [1.82, 2.24) is 9.97 Å². The van der Waals surface area contributed by atoms with Crippen molar-refractivity contribution in [3.63, 3.8) is 0 Å². The monoisotopic (exact) mass is 289 g/mol. The number of nitrogen functional groups attached to an aromatic ring is 1. The molecule has 106 valence electrons. The summed E-state index contributed by atoms with van der Waals surface area (Å²) in [5.41, 5.74) is 8.60. The lowest BCUT2D eigenvalue weighted by atomic mass is 10.1. The molecule has 0 radical (unpaired) electrons. The third-order valence-electron chi connectivity index (χ3n) is 2.99. The van der Waals surface area contributed by atoms with Gasteiger partial charge in [-0.15, -0.1) is 0 Å². The lowest BCUT2D eigenvalue weighted by Gasteiger charge is -2.03. The van der Waals surface area contributed by atoms with E-state index in [1.165, 1.54) is 6.07 Å². The van der Waals surface area contributed by atoms with Crippen molar-refractivity contribution in [2.75, 3.05) is 5.73 Å². The Morgan fingerprint density at radius 2 is 1.73 bits per heavy atom.